The normalized spacial score (nSPS) is 9.33. The zero-order valence-corrected chi connectivity index (χ0v) is 9.90. The lowest BCUT2D eigenvalue weighted by Gasteiger charge is -1.86. The van der Waals surface area contributed by atoms with Gasteiger partial charge in [0.1, 0.15) is 12.6 Å². The van der Waals surface area contributed by atoms with Gasteiger partial charge >= 0.3 is 0 Å². The number of aldehydes is 2. The first-order valence-corrected chi connectivity index (χ1v) is 5.54. The van der Waals surface area contributed by atoms with Gasteiger partial charge < -0.3 is 0 Å². The molecule has 0 bridgehead atoms. The Kier molecular flexibility index (Phi) is 6.53. The van der Waals surface area contributed by atoms with Crippen LogP contribution in [0.2, 0.25) is 0 Å². The summed E-state index contributed by atoms with van der Waals surface area (Å²) < 4.78 is 0. The number of allylic oxidation sites excluding steroid dienone is 1. The van der Waals surface area contributed by atoms with Crippen LogP contribution in [0.25, 0.3) is 6.08 Å². The molecular weight excluding hydrogens is 224 g/mol. The zero-order valence-electron chi connectivity index (χ0n) is 9.90. The second-order valence-electron chi connectivity index (χ2n) is 3.43. The highest BCUT2D eigenvalue weighted by Crippen LogP contribution is 1.99. The molecule has 2 rings (SSSR count). The van der Waals surface area contributed by atoms with Gasteiger partial charge in [-0.15, -0.1) is 0 Å². The molecule has 2 aromatic rings. The average molecular weight is 238 g/mol. The number of hydrogen-bond acceptors (Lipinski definition) is 2. The number of hydrogen-bond donors (Lipinski definition) is 0. The van der Waals surface area contributed by atoms with Crippen LogP contribution in [0.4, 0.5) is 0 Å². The van der Waals surface area contributed by atoms with Gasteiger partial charge in [-0.05, 0) is 11.6 Å². The summed E-state index contributed by atoms with van der Waals surface area (Å²) in [5, 5.41) is 0. The second kappa shape index (κ2) is 8.65. The molecule has 0 spiro atoms. The van der Waals surface area contributed by atoms with E-state index in [0.29, 0.717) is 0 Å². The van der Waals surface area contributed by atoms with Crippen LogP contribution >= 0.6 is 0 Å². The van der Waals surface area contributed by atoms with Crippen molar-refractivity contribution in [1.29, 1.82) is 0 Å². The fraction of sp³-hybridized carbons (Fsp3) is 0. The van der Waals surface area contributed by atoms with Gasteiger partial charge in [-0.2, -0.15) is 0 Å². The van der Waals surface area contributed by atoms with E-state index >= 15 is 0 Å². The van der Waals surface area contributed by atoms with Crippen LogP contribution in [-0.2, 0) is 4.79 Å². The summed E-state index contributed by atoms with van der Waals surface area (Å²) in [7, 11) is 0. The SMILES string of the molecule is O=C/C=C/c1ccccc1.O=Cc1ccccc1. The van der Waals surface area contributed by atoms with Gasteiger partial charge in [-0.1, -0.05) is 66.7 Å². The van der Waals surface area contributed by atoms with Gasteiger partial charge in [-0.25, -0.2) is 0 Å². The summed E-state index contributed by atoms with van der Waals surface area (Å²) in [6, 6.07) is 18.8. The van der Waals surface area contributed by atoms with Crippen molar-refractivity contribution >= 4 is 18.6 Å². The Bertz CT molecular complexity index is 487. The fourth-order valence-electron chi connectivity index (χ4n) is 1.25. The molecule has 2 nitrogen and oxygen atoms in total. The largest absolute Gasteiger partial charge is 0.299 e. The Labute approximate surface area is 107 Å². The van der Waals surface area contributed by atoms with Gasteiger partial charge in [-0.3, -0.25) is 9.59 Å². The van der Waals surface area contributed by atoms with Crippen molar-refractivity contribution in [2.75, 3.05) is 0 Å². The molecule has 0 saturated heterocycles. The summed E-state index contributed by atoms with van der Waals surface area (Å²) >= 11 is 0. The summed E-state index contributed by atoms with van der Waals surface area (Å²) in [6.45, 7) is 0. The lowest BCUT2D eigenvalue weighted by atomic mass is 10.2. The maximum atomic E-state index is 10.0. The van der Waals surface area contributed by atoms with Crippen LogP contribution in [0.1, 0.15) is 15.9 Å². The molecule has 90 valence electrons. The van der Waals surface area contributed by atoms with Crippen molar-refractivity contribution in [2.45, 2.75) is 0 Å². The summed E-state index contributed by atoms with van der Waals surface area (Å²) in [5.41, 5.74) is 1.78. The maximum absolute atomic E-state index is 10.0. The molecule has 0 heterocycles. The van der Waals surface area contributed by atoms with Crippen molar-refractivity contribution in [2.24, 2.45) is 0 Å². The lowest BCUT2D eigenvalue weighted by Crippen LogP contribution is -1.73. The van der Waals surface area contributed by atoms with E-state index in [-0.39, 0.29) is 0 Å². The maximum Gasteiger partial charge on any atom is 0.150 e. The van der Waals surface area contributed by atoms with Crippen LogP contribution in [-0.4, -0.2) is 12.6 Å². The van der Waals surface area contributed by atoms with Crippen LogP contribution < -0.4 is 0 Å². The molecule has 0 unspecified atom stereocenters. The number of rotatable bonds is 3. The minimum absolute atomic E-state index is 0.729. The fourth-order valence-corrected chi connectivity index (χ4v) is 1.25. The Morgan fingerprint density at radius 2 is 1.17 bits per heavy atom. The highest BCUT2D eigenvalue weighted by atomic mass is 16.1. The van der Waals surface area contributed by atoms with E-state index in [1.807, 2.05) is 48.5 Å². The summed E-state index contributed by atoms with van der Waals surface area (Å²) in [5.74, 6) is 0. The van der Waals surface area contributed by atoms with Crippen LogP contribution in [0.5, 0.6) is 0 Å². The third-order valence-corrected chi connectivity index (χ3v) is 2.10. The predicted molar refractivity (Wildman–Crippen MR) is 73.4 cm³/mol. The molecule has 0 atom stereocenters. The third-order valence-electron chi connectivity index (χ3n) is 2.10. The molecule has 0 aliphatic carbocycles. The van der Waals surface area contributed by atoms with Gasteiger partial charge in [0.15, 0.2) is 0 Å². The smallest absolute Gasteiger partial charge is 0.150 e. The molecule has 18 heavy (non-hydrogen) atoms. The molecule has 0 aliphatic heterocycles. The van der Waals surface area contributed by atoms with Crippen LogP contribution in [0, 0.1) is 0 Å². The Hall–Kier alpha value is -2.48. The van der Waals surface area contributed by atoms with Crippen LogP contribution in [0.3, 0.4) is 0 Å². The van der Waals surface area contributed by atoms with Gasteiger partial charge in [0.2, 0.25) is 0 Å². The number of carbonyl (C=O) groups is 2. The molecule has 0 aliphatic rings. The van der Waals surface area contributed by atoms with E-state index in [0.717, 1.165) is 23.7 Å². The lowest BCUT2D eigenvalue weighted by molar-refractivity contribution is -0.104. The molecule has 2 aromatic carbocycles. The van der Waals surface area contributed by atoms with Gasteiger partial charge in [0, 0.05) is 5.56 Å². The molecule has 0 saturated carbocycles. The van der Waals surface area contributed by atoms with Crippen molar-refractivity contribution in [3.63, 3.8) is 0 Å². The van der Waals surface area contributed by atoms with Gasteiger partial charge in [0.05, 0.1) is 0 Å². The van der Waals surface area contributed by atoms with E-state index in [9.17, 15) is 9.59 Å². The highest BCUT2D eigenvalue weighted by Gasteiger charge is 1.80. The minimum atomic E-state index is 0.729. The van der Waals surface area contributed by atoms with Crippen molar-refractivity contribution < 1.29 is 9.59 Å². The zero-order chi connectivity index (χ0) is 13.1. The van der Waals surface area contributed by atoms with E-state index in [2.05, 4.69) is 0 Å². The standard InChI is InChI=1S/C9H8O.C7H6O/c10-8-4-7-9-5-2-1-3-6-9;8-6-7-4-2-1-3-5-7/h1-8H;1-6H/b7-4+;. The third kappa shape index (κ3) is 5.56. The first-order chi connectivity index (χ1) is 8.86. The van der Waals surface area contributed by atoms with E-state index in [4.69, 9.17) is 0 Å². The molecule has 0 amide bonds. The molecule has 2 heteroatoms. The Balaban J connectivity index is 0.000000184. The Morgan fingerprint density at radius 3 is 1.56 bits per heavy atom. The van der Waals surface area contributed by atoms with Crippen molar-refractivity contribution in [1.82, 2.24) is 0 Å². The van der Waals surface area contributed by atoms with Crippen molar-refractivity contribution in [3.8, 4) is 0 Å². The molecule has 0 N–H and O–H groups in total. The highest BCUT2D eigenvalue weighted by molar-refractivity contribution is 5.74. The van der Waals surface area contributed by atoms with E-state index < -0.39 is 0 Å². The molecule has 0 radical (unpaired) electrons. The number of carbonyl (C=O) groups excluding carboxylic acids is 2. The molecule has 0 aromatic heterocycles. The monoisotopic (exact) mass is 238 g/mol. The topological polar surface area (TPSA) is 34.1 Å². The minimum Gasteiger partial charge on any atom is -0.299 e. The predicted octanol–water partition coefficient (Wildman–Crippen LogP) is 3.40. The second-order valence-corrected chi connectivity index (χ2v) is 3.43. The summed E-state index contributed by atoms with van der Waals surface area (Å²) in [6.07, 6.45) is 4.86. The van der Waals surface area contributed by atoms with Crippen molar-refractivity contribution in [3.05, 3.63) is 77.9 Å². The quantitative estimate of drug-likeness (QED) is 0.606. The van der Waals surface area contributed by atoms with E-state index in [1.54, 1.807) is 18.2 Å². The molecular formula is C16H14O2. The Morgan fingerprint density at radius 1 is 0.667 bits per heavy atom. The molecule has 0 fully saturated rings. The van der Waals surface area contributed by atoms with Crippen LogP contribution in [0.15, 0.2) is 66.7 Å². The summed E-state index contributed by atoms with van der Waals surface area (Å²) in [4.78, 5) is 19.9. The number of benzene rings is 2. The van der Waals surface area contributed by atoms with Gasteiger partial charge in [0.25, 0.3) is 0 Å². The first kappa shape index (κ1) is 13.6. The first-order valence-electron chi connectivity index (χ1n) is 5.54. The van der Waals surface area contributed by atoms with E-state index in [1.165, 1.54) is 6.08 Å². The average Bonchev–Trinajstić information content (AvgIpc) is 2.48.